The van der Waals surface area contributed by atoms with Crippen molar-refractivity contribution in [3.63, 3.8) is 0 Å². The van der Waals surface area contributed by atoms with Crippen LogP contribution in [0.1, 0.15) is 26.3 Å². The minimum absolute atomic E-state index is 0.0792. The summed E-state index contributed by atoms with van der Waals surface area (Å²) < 4.78 is 0. The second-order valence-electron chi connectivity index (χ2n) is 5.95. The number of carbonyl (C=O) groups is 2. The van der Waals surface area contributed by atoms with E-state index in [1.807, 2.05) is 24.3 Å². The highest BCUT2D eigenvalue weighted by Crippen LogP contribution is 2.23. The van der Waals surface area contributed by atoms with Crippen LogP contribution in [-0.4, -0.2) is 29.4 Å². The highest BCUT2D eigenvalue weighted by molar-refractivity contribution is 8.00. The standard InChI is InChI=1S/C15H20N2O2S/c1-15(2,3)10-4-6-11(7-5-10)16-14(19)12-8-20-9-13(18)17-12/h4-7,12H,8-9H2,1-3H3,(H,16,19)(H,17,18). The van der Waals surface area contributed by atoms with Gasteiger partial charge in [-0.2, -0.15) is 0 Å². The van der Waals surface area contributed by atoms with Gasteiger partial charge in [0.15, 0.2) is 0 Å². The van der Waals surface area contributed by atoms with Gasteiger partial charge in [-0.05, 0) is 23.1 Å². The second kappa shape index (κ2) is 5.87. The average Bonchev–Trinajstić information content (AvgIpc) is 2.38. The Hall–Kier alpha value is -1.49. The first kappa shape index (κ1) is 14.9. The Bertz CT molecular complexity index is 506. The summed E-state index contributed by atoms with van der Waals surface area (Å²) in [6.45, 7) is 6.44. The highest BCUT2D eigenvalue weighted by atomic mass is 32.2. The first-order chi connectivity index (χ1) is 9.36. The SMILES string of the molecule is CC(C)(C)c1ccc(NC(=O)C2CSCC(=O)N2)cc1. The Kier molecular flexibility index (Phi) is 4.38. The number of thioether (sulfide) groups is 1. The van der Waals surface area contributed by atoms with Gasteiger partial charge in [0, 0.05) is 11.4 Å². The maximum absolute atomic E-state index is 12.1. The molecule has 1 heterocycles. The minimum Gasteiger partial charge on any atom is -0.343 e. The van der Waals surface area contributed by atoms with Crippen molar-refractivity contribution in [3.8, 4) is 0 Å². The number of hydrogen-bond donors (Lipinski definition) is 2. The van der Waals surface area contributed by atoms with Crippen molar-refractivity contribution >= 4 is 29.3 Å². The van der Waals surface area contributed by atoms with Crippen molar-refractivity contribution in [3.05, 3.63) is 29.8 Å². The van der Waals surface area contributed by atoms with Crippen LogP contribution in [0, 0.1) is 0 Å². The first-order valence-corrected chi connectivity index (χ1v) is 7.80. The molecule has 5 heteroatoms. The van der Waals surface area contributed by atoms with E-state index in [1.54, 1.807) is 0 Å². The maximum Gasteiger partial charge on any atom is 0.247 e. The fourth-order valence-electron chi connectivity index (χ4n) is 1.97. The van der Waals surface area contributed by atoms with Gasteiger partial charge in [-0.25, -0.2) is 0 Å². The van der Waals surface area contributed by atoms with Crippen molar-refractivity contribution in [2.45, 2.75) is 32.2 Å². The predicted molar refractivity (Wildman–Crippen MR) is 83.0 cm³/mol. The number of nitrogens with one attached hydrogen (secondary N) is 2. The number of amides is 2. The summed E-state index contributed by atoms with van der Waals surface area (Å²) in [4.78, 5) is 23.3. The quantitative estimate of drug-likeness (QED) is 0.878. The first-order valence-electron chi connectivity index (χ1n) is 6.65. The van der Waals surface area contributed by atoms with Crippen molar-refractivity contribution in [1.29, 1.82) is 0 Å². The molecule has 0 saturated carbocycles. The Labute approximate surface area is 123 Å². The highest BCUT2D eigenvalue weighted by Gasteiger charge is 2.25. The largest absolute Gasteiger partial charge is 0.343 e. The third kappa shape index (κ3) is 3.76. The van der Waals surface area contributed by atoms with E-state index < -0.39 is 6.04 Å². The van der Waals surface area contributed by atoms with E-state index in [0.29, 0.717) is 11.5 Å². The zero-order valence-electron chi connectivity index (χ0n) is 12.0. The molecule has 2 N–H and O–H groups in total. The lowest BCUT2D eigenvalue weighted by molar-refractivity contribution is -0.124. The Morgan fingerprint density at radius 3 is 2.50 bits per heavy atom. The molecule has 1 atom stereocenters. The molecule has 0 spiro atoms. The Balaban J connectivity index is 1.99. The molecule has 1 saturated heterocycles. The molecule has 2 amide bonds. The zero-order chi connectivity index (χ0) is 14.8. The Morgan fingerprint density at radius 1 is 1.30 bits per heavy atom. The maximum atomic E-state index is 12.1. The molecule has 0 aromatic heterocycles. The van der Waals surface area contributed by atoms with E-state index in [-0.39, 0.29) is 17.2 Å². The van der Waals surface area contributed by atoms with E-state index in [9.17, 15) is 9.59 Å². The Morgan fingerprint density at radius 2 is 1.95 bits per heavy atom. The summed E-state index contributed by atoms with van der Waals surface area (Å²) in [6, 6.07) is 7.39. The van der Waals surface area contributed by atoms with Crippen LogP contribution < -0.4 is 10.6 Å². The van der Waals surface area contributed by atoms with Crippen LogP contribution in [0.5, 0.6) is 0 Å². The number of carbonyl (C=O) groups excluding carboxylic acids is 2. The molecule has 1 unspecified atom stereocenters. The van der Waals surface area contributed by atoms with Crippen LogP contribution >= 0.6 is 11.8 Å². The van der Waals surface area contributed by atoms with Crippen LogP contribution in [0.25, 0.3) is 0 Å². The molecular formula is C15H20N2O2S. The molecule has 1 aromatic rings. The molecule has 108 valence electrons. The van der Waals surface area contributed by atoms with Crippen LogP contribution in [0.3, 0.4) is 0 Å². The summed E-state index contributed by atoms with van der Waals surface area (Å²) >= 11 is 1.48. The zero-order valence-corrected chi connectivity index (χ0v) is 12.8. The lowest BCUT2D eigenvalue weighted by Gasteiger charge is -2.22. The van der Waals surface area contributed by atoms with Crippen LogP contribution in [0.15, 0.2) is 24.3 Å². The van der Waals surface area contributed by atoms with Gasteiger partial charge in [-0.3, -0.25) is 9.59 Å². The van der Waals surface area contributed by atoms with E-state index in [0.717, 1.165) is 5.69 Å². The van der Waals surface area contributed by atoms with E-state index in [1.165, 1.54) is 17.3 Å². The third-order valence-corrected chi connectivity index (χ3v) is 4.22. The lowest BCUT2D eigenvalue weighted by Crippen LogP contribution is -2.49. The molecule has 0 radical (unpaired) electrons. The van der Waals surface area contributed by atoms with Gasteiger partial charge in [0.1, 0.15) is 6.04 Å². The predicted octanol–water partition coefficient (Wildman–Crippen LogP) is 2.15. The summed E-state index contributed by atoms with van der Waals surface area (Å²) in [5.41, 5.74) is 2.07. The van der Waals surface area contributed by atoms with Crippen molar-refractivity contribution < 1.29 is 9.59 Å². The number of benzene rings is 1. The second-order valence-corrected chi connectivity index (χ2v) is 6.98. The van der Waals surface area contributed by atoms with Gasteiger partial charge >= 0.3 is 0 Å². The molecule has 1 aliphatic rings. The van der Waals surface area contributed by atoms with E-state index in [4.69, 9.17) is 0 Å². The molecular weight excluding hydrogens is 272 g/mol. The van der Waals surface area contributed by atoms with Gasteiger partial charge in [0.2, 0.25) is 11.8 Å². The molecule has 4 nitrogen and oxygen atoms in total. The molecule has 2 rings (SSSR count). The van der Waals surface area contributed by atoms with Gasteiger partial charge < -0.3 is 10.6 Å². The fraction of sp³-hybridized carbons (Fsp3) is 0.467. The van der Waals surface area contributed by atoms with Gasteiger partial charge in [0.25, 0.3) is 0 Å². The van der Waals surface area contributed by atoms with Gasteiger partial charge in [0.05, 0.1) is 5.75 Å². The lowest BCUT2D eigenvalue weighted by atomic mass is 9.87. The van der Waals surface area contributed by atoms with Crippen molar-refractivity contribution in [2.24, 2.45) is 0 Å². The molecule has 20 heavy (non-hydrogen) atoms. The molecule has 0 bridgehead atoms. The summed E-state index contributed by atoms with van der Waals surface area (Å²) in [6.07, 6.45) is 0. The van der Waals surface area contributed by atoms with Crippen LogP contribution in [0.2, 0.25) is 0 Å². The molecule has 0 aliphatic carbocycles. The fourth-order valence-corrected chi connectivity index (χ4v) is 2.83. The van der Waals surface area contributed by atoms with Gasteiger partial charge in [-0.15, -0.1) is 11.8 Å². The molecule has 1 aromatic carbocycles. The van der Waals surface area contributed by atoms with E-state index in [2.05, 4.69) is 31.4 Å². The average molecular weight is 292 g/mol. The third-order valence-electron chi connectivity index (χ3n) is 3.19. The normalized spacial score (nSPS) is 19.4. The van der Waals surface area contributed by atoms with Crippen molar-refractivity contribution in [2.75, 3.05) is 16.8 Å². The molecule has 1 fully saturated rings. The monoisotopic (exact) mass is 292 g/mol. The van der Waals surface area contributed by atoms with E-state index >= 15 is 0 Å². The van der Waals surface area contributed by atoms with Crippen molar-refractivity contribution in [1.82, 2.24) is 5.32 Å². The topological polar surface area (TPSA) is 58.2 Å². The number of rotatable bonds is 2. The number of anilines is 1. The van der Waals surface area contributed by atoms with Crippen LogP contribution in [0.4, 0.5) is 5.69 Å². The summed E-state index contributed by atoms with van der Waals surface area (Å²) in [5, 5.41) is 5.54. The smallest absolute Gasteiger partial charge is 0.247 e. The van der Waals surface area contributed by atoms with Crippen LogP contribution in [-0.2, 0) is 15.0 Å². The summed E-state index contributed by atoms with van der Waals surface area (Å²) in [5.74, 6) is 0.820. The minimum atomic E-state index is -0.441. The summed E-state index contributed by atoms with van der Waals surface area (Å²) in [7, 11) is 0. The van der Waals surface area contributed by atoms with Gasteiger partial charge in [-0.1, -0.05) is 32.9 Å². The number of hydrogen-bond acceptors (Lipinski definition) is 3. The molecule has 1 aliphatic heterocycles.